The summed E-state index contributed by atoms with van der Waals surface area (Å²) in [6, 6.07) is 4.93. The molecule has 0 aromatic heterocycles. The van der Waals surface area contributed by atoms with Crippen LogP contribution in [0.25, 0.3) is 0 Å². The average molecular weight is 226 g/mol. The van der Waals surface area contributed by atoms with E-state index >= 15 is 0 Å². The summed E-state index contributed by atoms with van der Waals surface area (Å²) in [5, 5.41) is -0.306. The highest BCUT2D eigenvalue weighted by molar-refractivity contribution is 7.98. The van der Waals surface area contributed by atoms with Crippen LogP contribution < -0.4 is 0 Å². The van der Waals surface area contributed by atoms with E-state index in [2.05, 4.69) is 6.07 Å². The van der Waals surface area contributed by atoms with E-state index in [-0.39, 0.29) is 9.92 Å². The number of alkyl halides is 3. The van der Waals surface area contributed by atoms with E-state index in [1.54, 1.807) is 6.26 Å². The van der Waals surface area contributed by atoms with Gasteiger partial charge in [0.2, 0.25) is 0 Å². The molecule has 0 aliphatic rings. The molecule has 0 aliphatic heterocycles. The second-order valence-electron chi connectivity index (χ2n) is 2.24. The van der Waals surface area contributed by atoms with Gasteiger partial charge in [0.1, 0.15) is 0 Å². The summed E-state index contributed by atoms with van der Waals surface area (Å²) in [6.45, 7) is 0. The zero-order chi connectivity index (χ0) is 10.1. The molecule has 0 nitrogen and oxygen atoms in total. The zero-order valence-corrected chi connectivity index (χ0v) is 8.15. The van der Waals surface area contributed by atoms with Crippen molar-refractivity contribution in [1.29, 1.82) is 0 Å². The Morgan fingerprint density at radius 1 is 1.38 bits per heavy atom. The maximum absolute atomic E-state index is 12.4. The van der Waals surface area contributed by atoms with Gasteiger partial charge in [0.15, 0.2) is 0 Å². The molecule has 0 spiro atoms. The molecule has 1 aromatic carbocycles. The van der Waals surface area contributed by atoms with Crippen molar-refractivity contribution in [2.45, 2.75) is 11.1 Å². The van der Waals surface area contributed by atoms with E-state index in [1.807, 2.05) is 0 Å². The molecule has 0 atom stereocenters. The first kappa shape index (κ1) is 10.7. The lowest BCUT2D eigenvalue weighted by Crippen LogP contribution is -2.07. The Labute approximate surface area is 83.1 Å². The first-order valence-corrected chi connectivity index (χ1v) is 4.88. The molecule has 1 aromatic rings. The van der Waals surface area contributed by atoms with Crippen LogP contribution >= 0.6 is 23.4 Å². The molecule has 0 unspecified atom stereocenters. The molecule has 71 valence electrons. The molecule has 1 rings (SSSR count). The Morgan fingerprint density at radius 3 is 2.38 bits per heavy atom. The van der Waals surface area contributed by atoms with E-state index < -0.39 is 11.7 Å². The van der Waals surface area contributed by atoms with Crippen LogP contribution in [-0.4, -0.2) is 6.26 Å². The zero-order valence-electron chi connectivity index (χ0n) is 6.57. The van der Waals surface area contributed by atoms with Gasteiger partial charge in [0.25, 0.3) is 0 Å². The van der Waals surface area contributed by atoms with Crippen LogP contribution in [-0.2, 0) is 6.18 Å². The van der Waals surface area contributed by atoms with Crippen molar-refractivity contribution >= 4 is 23.4 Å². The Balaban J connectivity index is 3.32. The molecule has 1 radical (unpaired) electrons. The van der Waals surface area contributed by atoms with Gasteiger partial charge in [-0.25, -0.2) is 0 Å². The van der Waals surface area contributed by atoms with Crippen LogP contribution in [0, 0.1) is 6.07 Å². The Bertz CT molecular complexity index is 309. The third kappa shape index (κ3) is 2.31. The van der Waals surface area contributed by atoms with Crippen LogP contribution in [0.15, 0.2) is 17.0 Å². The summed E-state index contributed by atoms with van der Waals surface area (Å²) >= 11 is 6.43. The number of hydrogen-bond acceptors (Lipinski definition) is 1. The van der Waals surface area contributed by atoms with Gasteiger partial charge in [-0.3, -0.25) is 0 Å². The van der Waals surface area contributed by atoms with E-state index in [9.17, 15) is 13.2 Å². The van der Waals surface area contributed by atoms with Gasteiger partial charge in [0.05, 0.1) is 10.6 Å². The lowest BCUT2D eigenvalue weighted by Gasteiger charge is -2.12. The fourth-order valence-corrected chi connectivity index (χ4v) is 1.83. The number of halogens is 4. The summed E-state index contributed by atoms with van der Waals surface area (Å²) in [6.07, 6.45) is -2.83. The summed E-state index contributed by atoms with van der Waals surface area (Å²) in [7, 11) is 0. The third-order valence-corrected chi connectivity index (χ3v) is 2.47. The van der Waals surface area contributed by atoms with Gasteiger partial charge in [0, 0.05) is 4.90 Å². The highest BCUT2D eigenvalue weighted by Gasteiger charge is 2.35. The Morgan fingerprint density at radius 2 is 2.00 bits per heavy atom. The second kappa shape index (κ2) is 3.80. The van der Waals surface area contributed by atoms with Gasteiger partial charge < -0.3 is 0 Å². The monoisotopic (exact) mass is 225 g/mol. The topological polar surface area (TPSA) is 0 Å². The minimum Gasteiger partial charge on any atom is -0.166 e. The van der Waals surface area contributed by atoms with Crippen molar-refractivity contribution in [2.75, 3.05) is 6.26 Å². The van der Waals surface area contributed by atoms with Crippen molar-refractivity contribution in [3.63, 3.8) is 0 Å². The maximum atomic E-state index is 12.4. The van der Waals surface area contributed by atoms with Crippen molar-refractivity contribution in [2.24, 2.45) is 0 Å². The SMILES string of the molecule is CSc1c[c]cc(Cl)c1C(F)(F)F. The predicted molar refractivity (Wildman–Crippen MR) is 47.1 cm³/mol. The lowest BCUT2D eigenvalue weighted by atomic mass is 10.2. The predicted octanol–water partition coefficient (Wildman–Crippen LogP) is 3.88. The van der Waals surface area contributed by atoms with Crippen molar-refractivity contribution in [3.8, 4) is 0 Å². The summed E-state index contributed by atoms with van der Waals surface area (Å²) in [4.78, 5) is 0.0972. The summed E-state index contributed by atoms with van der Waals surface area (Å²) in [5.74, 6) is 0. The molecule has 0 amide bonds. The van der Waals surface area contributed by atoms with Gasteiger partial charge in [-0.15, -0.1) is 11.8 Å². The van der Waals surface area contributed by atoms with E-state index in [0.29, 0.717) is 0 Å². The summed E-state index contributed by atoms with van der Waals surface area (Å²) < 4.78 is 37.2. The number of rotatable bonds is 1. The quantitative estimate of drug-likeness (QED) is 0.654. The van der Waals surface area contributed by atoms with Crippen molar-refractivity contribution in [3.05, 3.63) is 28.8 Å². The highest BCUT2D eigenvalue weighted by Crippen LogP contribution is 2.40. The first-order valence-electron chi connectivity index (χ1n) is 3.27. The number of hydrogen-bond donors (Lipinski definition) is 0. The fourth-order valence-electron chi connectivity index (χ4n) is 0.889. The highest BCUT2D eigenvalue weighted by atomic mass is 35.5. The first-order chi connectivity index (χ1) is 5.96. The van der Waals surface area contributed by atoms with Crippen LogP contribution in [0.1, 0.15) is 5.56 Å². The molecule has 0 bridgehead atoms. The van der Waals surface area contributed by atoms with E-state index in [4.69, 9.17) is 11.6 Å². The van der Waals surface area contributed by atoms with Gasteiger partial charge >= 0.3 is 6.18 Å². The smallest absolute Gasteiger partial charge is 0.166 e. The molecular formula is C8H5ClF3S. The molecular weight excluding hydrogens is 221 g/mol. The standard InChI is InChI=1S/C8H5ClF3S/c1-13-6-4-2-3-5(9)7(6)8(10,11)12/h3-4H,1H3. The normalized spacial score (nSPS) is 11.8. The van der Waals surface area contributed by atoms with Crippen LogP contribution in [0.4, 0.5) is 13.2 Å². The number of benzene rings is 1. The molecule has 13 heavy (non-hydrogen) atoms. The van der Waals surface area contributed by atoms with Crippen LogP contribution in [0.3, 0.4) is 0 Å². The Kier molecular flexibility index (Phi) is 3.14. The molecule has 0 N–H and O–H groups in total. The van der Waals surface area contributed by atoms with Gasteiger partial charge in [-0.2, -0.15) is 13.2 Å². The summed E-state index contributed by atoms with van der Waals surface area (Å²) in [5.41, 5.74) is -0.777. The third-order valence-electron chi connectivity index (χ3n) is 1.41. The molecule has 0 saturated heterocycles. The molecule has 0 fully saturated rings. The van der Waals surface area contributed by atoms with Crippen LogP contribution in [0.5, 0.6) is 0 Å². The van der Waals surface area contributed by atoms with E-state index in [0.717, 1.165) is 17.8 Å². The maximum Gasteiger partial charge on any atom is 0.418 e. The van der Waals surface area contributed by atoms with Crippen LogP contribution in [0.2, 0.25) is 5.02 Å². The molecule has 0 heterocycles. The molecule has 5 heteroatoms. The van der Waals surface area contributed by atoms with Gasteiger partial charge in [-0.05, 0) is 24.5 Å². The Hall–Kier alpha value is -0.350. The largest absolute Gasteiger partial charge is 0.418 e. The molecule has 0 saturated carbocycles. The fraction of sp³-hybridized carbons (Fsp3) is 0.250. The molecule has 0 aliphatic carbocycles. The average Bonchev–Trinajstić information content (AvgIpc) is 2.01. The minimum atomic E-state index is -4.40. The van der Waals surface area contributed by atoms with E-state index in [1.165, 1.54) is 6.07 Å². The second-order valence-corrected chi connectivity index (χ2v) is 3.50. The van der Waals surface area contributed by atoms with Crippen molar-refractivity contribution in [1.82, 2.24) is 0 Å². The number of thioether (sulfide) groups is 1. The van der Waals surface area contributed by atoms with Crippen molar-refractivity contribution < 1.29 is 13.2 Å². The van der Waals surface area contributed by atoms with Gasteiger partial charge in [-0.1, -0.05) is 11.6 Å². The lowest BCUT2D eigenvalue weighted by molar-refractivity contribution is -0.139. The minimum absolute atomic E-state index is 0.0972.